The van der Waals surface area contributed by atoms with Gasteiger partial charge in [-0.05, 0) is 24.5 Å². The Morgan fingerprint density at radius 3 is 2.45 bits per heavy atom. The lowest BCUT2D eigenvalue weighted by atomic mass is 10.1. The van der Waals surface area contributed by atoms with Gasteiger partial charge in [0, 0.05) is 0 Å². The molecule has 1 heterocycles. The third-order valence-electron chi connectivity index (χ3n) is 3.35. The molecule has 2 aromatic rings. The van der Waals surface area contributed by atoms with Crippen molar-refractivity contribution in [2.75, 3.05) is 12.8 Å². The molecular weight excluding hydrogens is 254 g/mol. The van der Waals surface area contributed by atoms with Crippen molar-refractivity contribution in [3.8, 4) is 0 Å². The predicted octanol–water partition coefficient (Wildman–Crippen LogP) is 2.17. The number of nitrogens with two attached hydrogens (primary N) is 1. The quantitative estimate of drug-likeness (QED) is 0.867. The number of hydrogen-bond acceptors (Lipinski definition) is 4. The average Bonchev–Trinajstić information content (AvgIpc) is 2.75. The zero-order valence-electron chi connectivity index (χ0n) is 12.0. The van der Waals surface area contributed by atoms with Crippen LogP contribution in [0.1, 0.15) is 34.4 Å². The Labute approximate surface area is 118 Å². The van der Waals surface area contributed by atoms with Gasteiger partial charge in [-0.1, -0.05) is 31.2 Å². The number of ether oxygens (including phenoxy) is 1. The van der Waals surface area contributed by atoms with Gasteiger partial charge in [-0.25, -0.2) is 9.78 Å². The Bertz CT molecular complexity index is 615. The molecule has 5 heteroatoms. The fourth-order valence-electron chi connectivity index (χ4n) is 2.09. The number of aryl methyl sites for hydroxylation is 2. The third-order valence-corrected chi connectivity index (χ3v) is 3.35. The summed E-state index contributed by atoms with van der Waals surface area (Å²) in [6.07, 6.45) is 1.01. The Kier molecular flexibility index (Phi) is 4.08. The van der Waals surface area contributed by atoms with Gasteiger partial charge in [0.25, 0.3) is 0 Å². The van der Waals surface area contributed by atoms with Gasteiger partial charge in [-0.15, -0.1) is 0 Å². The molecule has 0 amide bonds. The summed E-state index contributed by atoms with van der Waals surface area (Å²) in [4.78, 5) is 15.7. The van der Waals surface area contributed by atoms with Crippen LogP contribution in [0.25, 0.3) is 0 Å². The minimum atomic E-state index is -0.509. The monoisotopic (exact) mass is 273 g/mol. The number of nitrogens with zero attached hydrogens (tertiary/aromatic N) is 2. The first-order valence-electron chi connectivity index (χ1n) is 6.55. The predicted molar refractivity (Wildman–Crippen MR) is 77.6 cm³/mol. The van der Waals surface area contributed by atoms with Gasteiger partial charge >= 0.3 is 5.97 Å². The van der Waals surface area contributed by atoms with Crippen LogP contribution in [0.2, 0.25) is 0 Å². The standard InChI is InChI=1S/C15H19N3O2/c1-4-11-5-7-12(8-6-11)9-18-10(2)17-13(14(18)16)15(19)20-3/h5-8H,4,9,16H2,1-3H3. The number of esters is 1. The molecule has 0 radical (unpaired) electrons. The molecule has 0 saturated heterocycles. The number of hydrogen-bond donors (Lipinski definition) is 1. The molecule has 0 aliphatic carbocycles. The summed E-state index contributed by atoms with van der Waals surface area (Å²) in [5.74, 6) is 0.530. The van der Waals surface area contributed by atoms with E-state index in [1.54, 1.807) is 0 Å². The number of nitrogen functional groups attached to an aromatic ring is 1. The lowest BCUT2D eigenvalue weighted by Gasteiger charge is -2.08. The summed E-state index contributed by atoms with van der Waals surface area (Å²) < 4.78 is 6.48. The minimum absolute atomic E-state index is 0.176. The maximum absolute atomic E-state index is 11.6. The van der Waals surface area contributed by atoms with Crippen molar-refractivity contribution >= 4 is 11.8 Å². The van der Waals surface area contributed by atoms with Gasteiger partial charge in [0.2, 0.25) is 0 Å². The van der Waals surface area contributed by atoms with Crippen LogP contribution in [0, 0.1) is 6.92 Å². The van der Waals surface area contributed by atoms with Crippen molar-refractivity contribution in [2.24, 2.45) is 0 Å². The SMILES string of the molecule is CCc1ccc(Cn2c(C)nc(C(=O)OC)c2N)cc1. The Morgan fingerprint density at radius 2 is 1.90 bits per heavy atom. The van der Waals surface area contributed by atoms with E-state index in [2.05, 4.69) is 40.9 Å². The van der Waals surface area contributed by atoms with Gasteiger partial charge in [-0.3, -0.25) is 0 Å². The zero-order valence-corrected chi connectivity index (χ0v) is 12.0. The van der Waals surface area contributed by atoms with E-state index in [0.29, 0.717) is 18.2 Å². The number of rotatable bonds is 4. The van der Waals surface area contributed by atoms with E-state index in [-0.39, 0.29) is 5.69 Å². The molecule has 20 heavy (non-hydrogen) atoms. The fraction of sp³-hybridized carbons (Fsp3) is 0.333. The molecule has 0 bridgehead atoms. The van der Waals surface area contributed by atoms with Crippen LogP contribution in [0.15, 0.2) is 24.3 Å². The molecule has 1 aromatic carbocycles. The highest BCUT2D eigenvalue weighted by Crippen LogP contribution is 2.17. The first kappa shape index (κ1) is 14.1. The highest BCUT2D eigenvalue weighted by Gasteiger charge is 2.19. The number of anilines is 1. The van der Waals surface area contributed by atoms with Crippen LogP contribution in [0.3, 0.4) is 0 Å². The van der Waals surface area contributed by atoms with Crippen molar-refractivity contribution < 1.29 is 9.53 Å². The van der Waals surface area contributed by atoms with Crippen LogP contribution >= 0.6 is 0 Å². The van der Waals surface area contributed by atoms with E-state index >= 15 is 0 Å². The van der Waals surface area contributed by atoms with E-state index in [0.717, 1.165) is 12.0 Å². The first-order chi connectivity index (χ1) is 9.56. The van der Waals surface area contributed by atoms with Crippen molar-refractivity contribution in [1.29, 1.82) is 0 Å². The Balaban J connectivity index is 2.28. The lowest BCUT2D eigenvalue weighted by molar-refractivity contribution is 0.0595. The van der Waals surface area contributed by atoms with E-state index in [1.165, 1.54) is 12.7 Å². The van der Waals surface area contributed by atoms with Gasteiger partial charge in [-0.2, -0.15) is 0 Å². The molecule has 0 aliphatic heterocycles. The molecule has 0 spiro atoms. The average molecular weight is 273 g/mol. The Morgan fingerprint density at radius 1 is 1.30 bits per heavy atom. The molecule has 1 aromatic heterocycles. The number of benzene rings is 1. The van der Waals surface area contributed by atoms with Crippen LogP contribution in [0.4, 0.5) is 5.82 Å². The number of aromatic nitrogens is 2. The second kappa shape index (κ2) is 5.77. The van der Waals surface area contributed by atoms with Gasteiger partial charge in [0.1, 0.15) is 11.6 Å². The number of carbonyl (C=O) groups is 1. The number of carbonyl (C=O) groups excluding carboxylic acids is 1. The molecule has 2 N–H and O–H groups in total. The lowest BCUT2D eigenvalue weighted by Crippen LogP contribution is -2.09. The van der Waals surface area contributed by atoms with E-state index < -0.39 is 5.97 Å². The number of methoxy groups -OCH3 is 1. The van der Waals surface area contributed by atoms with E-state index in [4.69, 9.17) is 5.73 Å². The smallest absolute Gasteiger partial charge is 0.360 e. The summed E-state index contributed by atoms with van der Waals surface area (Å²) >= 11 is 0. The van der Waals surface area contributed by atoms with Gasteiger partial charge in [0.15, 0.2) is 5.69 Å². The maximum atomic E-state index is 11.6. The summed E-state index contributed by atoms with van der Waals surface area (Å²) in [5.41, 5.74) is 8.57. The summed E-state index contributed by atoms with van der Waals surface area (Å²) in [6.45, 7) is 4.53. The largest absolute Gasteiger partial charge is 0.464 e. The summed E-state index contributed by atoms with van der Waals surface area (Å²) in [7, 11) is 1.32. The molecule has 2 rings (SSSR count). The number of imidazole rings is 1. The molecule has 0 unspecified atom stereocenters. The molecule has 0 saturated carbocycles. The molecule has 5 nitrogen and oxygen atoms in total. The topological polar surface area (TPSA) is 70.1 Å². The highest BCUT2D eigenvalue weighted by atomic mass is 16.5. The molecule has 0 aliphatic rings. The van der Waals surface area contributed by atoms with Crippen LogP contribution in [-0.2, 0) is 17.7 Å². The molecule has 0 fully saturated rings. The van der Waals surface area contributed by atoms with Crippen molar-refractivity contribution in [3.05, 3.63) is 46.9 Å². The normalized spacial score (nSPS) is 10.6. The van der Waals surface area contributed by atoms with Crippen LogP contribution in [-0.4, -0.2) is 22.6 Å². The van der Waals surface area contributed by atoms with Gasteiger partial charge < -0.3 is 15.0 Å². The maximum Gasteiger partial charge on any atom is 0.360 e. The minimum Gasteiger partial charge on any atom is -0.464 e. The van der Waals surface area contributed by atoms with Crippen LogP contribution in [0.5, 0.6) is 0 Å². The zero-order chi connectivity index (χ0) is 14.7. The molecular formula is C15H19N3O2. The fourth-order valence-corrected chi connectivity index (χ4v) is 2.09. The summed E-state index contributed by atoms with van der Waals surface area (Å²) in [6, 6.07) is 8.32. The van der Waals surface area contributed by atoms with Gasteiger partial charge in [0.05, 0.1) is 13.7 Å². The summed E-state index contributed by atoms with van der Waals surface area (Å²) in [5, 5.41) is 0. The third kappa shape index (κ3) is 2.66. The highest BCUT2D eigenvalue weighted by molar-refractivity contribution is 5.92. The van der Waals surface area contributed by atoms with Crippen LogP contribution < -0.4 is 5.73 Å². The van der Waals surface area contributed by atoms with Crippen molar-refractivity contribution in [1.82, 2.24) is 9.55 Å². The van der Waals surface area contributed by atoms with E-state index in [9.17, 15) is 4.79 Å². The van der Waals surface area contributed by atoms with E-state index in [1.807, 2.05) is 11.5 Å². The first-order valence-corrected chi connectivity index (χ1v) is 6.55. The Hall–Kier alpha value is -2.30. The van der Waals surface area contributed by atoms with Crippen molar-refractivity contribution in [2.45, 2.75) is 26.8 Å². The van der Waals surface area contributed by atoms with Crippen molar-refractivity contribution in [3.63, 3.8) is 0 Å². The molecule has 0 atom stereocenters. The second-order valence-corrected chi connectivity index (χ2v) is 4.64. The molecule has 106 valence electrons. The second-order valence-electron chi connectivity index (χ2n) is 4.64.